The van der Waals surface area contributed by atoms with Crippen molar-refractivity contribution < 1.29 is 0 Å². The molecule has 0 radical (unpaired) electrons. The first kappa shape index (κ1) is 13.8. The summed E-state index contributed by atoms with van der Waals surface area (Å²) in [5, 5.41) is 1.17. The Balaban J connectivity index is 1.86. The monoisotopic (exact) mass is 286 g/mol. The Kier molecular flexibility index (Phi) is 3.90. The molecule has 0 amide bonds. The molecule has 1 aliphatic rings. The maximum atomic E-state index is 5.65. The van der Waals surface area contributed by atoms with Gasteiger partial charge >= 0.3 is 0 Å². The van der Waals surface area contributed by atoms with Crippen LogP contribution < -0.4 is 5.73 Å². The van der Waals surface area contributed by atoms with Gasteiger partial charge in [0.2, 0.25) is 0 Å². The maximum Gasteiger partial charge on any atom is 0.123 e. The summed E-state index contributed by atoms with van der Waals surface area (Å²) in [5.41, 5.74) is 9.39. The van der Waals surface area contributed by atoms with Crippen LogP contribution in [0.2, 0.25) is 0 Å². The van der Waals surface area contributed by atoms with E-state index >= 15 is 0 Å². The zero-order valence-electron chi connectivity index (χ0n) is 12.2. The van der Waals surface area contributed by atoms with Crippen LogP contribution >= 0.6 is 11.3 Å². The first-order valence-corrected chi connectivity index (χ1v) is 8.27. The minimum Gasteiger partial charge on any atom is -0.326 e. The summed E-state index contributed by atoms with van der Waals surface area (Å²) in [7, 11) is 0. The second-order valence-electron chi connectivity index (χ2n) is 6.04. The van der Waals surface area contributed by atoms with Crippen LogP contribution in [0, 0.1) is 11.8 Å². The van der Waals surface area contributed by atoms with E-state index in [9.17, 15) is 0 Å². The Morgan fingerprint density at radius 3 is 2.70 bits per heavy atom. The first-order chi connectivity index (χ1) is 9.67. The van der Waals surface area contributed by atoms with Gasteiger partial charge in [0.1, 0.15) is 5.01 Å². The lowest BCUT2D eigenvalue weighted by Crippen LogP contribution is -2.17. The molecule has 0 aliphatic heterocycles. The van der Waals surface area contributed by atoms with Gasteiger partial charge in [-0.15, -0.1) is 11.3 Å². The topological polar surface area (TPSA) is 38.9 Å². The van der Waals surface area contributed by atoms with Crippen molar-refractivity contribution in [3.63, 3.8) is 0 Å². The van der Waals surface area contributed by atoms with Crippen LogP contribution in [0.4, 0.5) is 0 Å². The molecule has 0 fully saturated rings. The van der Waals surface area contributed by atoms with Gasteiger partial charge in [-0.3, -0.25) is 0 Å². The Hall–Kier alpha value is -1.19. The quantitative estimate of drug-likeness (QED) is 0.925. The van der Waals surface area contributed by atoms with Gasteiger partial charge in [0.15, 0.2) is 0 Å². The van der Waals surface area contributed by atoms with Crippen molar-refractivity contribution in [1.29, 1.82) is 0 Å². The number of hydrogen-bond donors (Lipinski definition) is 1. The number of aromatic nitrogens is 1. The van der Waals surface area contributed by atoms with Crippen molar-refractivity contribution in [3.8, 4) is 10.6 Å². The Morgan fingerprint density at radius 1 is 1.30 bits per heavy atom. The number of aryl methyl sites for hydroxylation is 1. The molecule has 3 rings (SSSR count). The largest absolute Gasteiger partial charge is 0.326 e. The lowest BCUT2D eigenvalue weighted by Gasteiger charge is -2.24. The van der Waals surface area contributed by atoms with E-state index in [1.54, 1.807) is 0 Å². The highest BCUT2D eigenvalue weighted by Crippen LogP contribution is 2.36. The van der Waals surface area contributed by atoms with E-state index in [-0.39, 0.29) is 0 Å². The van der Waals surface area contributed by atoms with E-state index in [0.29, 0.717) is 6.54 Å². The fraction of sp³-hybridized carbons (Fsp3) is 0.471. The van der Waals surface area contributed by atoms with Crippen molar-refractivity contribution in [1.82, 2.24) is 4.98 Å². The summed E-state index contributed by atoms with van der Waals surface area (Å²) in [6.07, 6.45) is 3.65. The molecule has 0 bridgehead atoms. The van der Waals surface area contributed by atoms with Gasteiger partial charge in [-0.2, -0.15) is 0 Å². The Morgan fingerprint density at radius 2 is 2.05 bits per heavy atom. The third-order valence-electron chi connectivity index (χ3n) is 4.36. The number of rotatable bonds is 3. The van der Waals surface area contributed by atoms with E-state index in [0.717, 1.165) is 18.3 Å². The molecule has 0 saturated heterocycles. The molecule has 0 saturated carbocycles. The van der Waals surface area contributed by atoms with Crippen molar-refractivity contribution in [2.75, 3.05) is 0 Å². The lowest BCUT2D eigenvalue weighted by molar-refractivity contribution is 0.344. The van der Waals surface area contributed by atoms with Gasteiger partial charge in [0.05, 0.1) is 5.69 Å². The molecule has 106 valence electrons. The predicted octanol–water partition coefficient (Wildman–Crippen LogP) is 4.03. The van der Waals surface area contributed by atoms with Gasteiger partial charge in [-0.1, -0.05) is 38.1 Å². The molecule has 1 unspecified atom stereocenters. The second kappa shape index (κ2) is 5.66. The third-order valence-corrected chi connectivity index (χ3v) is 5.53. The zero-order valence-corrected chi connectivity index (χ0v) is 13.0. The maximum absolute atomic E-state index is 5.65. The normalized spacial score (nSPS) is 18.3. The minimum atomic E-state index is 0.602. The third kappa shape index (κ3) is 2.65. The number of hydrogen-bond acceptors (Lipinski definition) is 3. The second-order valence-corrected chi connectivity index (χ2v) is 7.12. The summed E-state index contributed by atoms with van der Waals surface area (Å²) < 4.78 is 0. The average Bonchev–Trinajstić information content (AvgIpc) is 2.90. The zero-order chi connectivity index (χ0) is 14.1. The summed E-state index contributed by atoms with van der Waals surface area (Å²) >= 11 is 1.88. The predicted molar refractivity (Wildman–Crippen MR) is 85.8 cm³/mol. The summed E-state index contributed by atoms with van der Waals surface area (Å²) in [6, 6.07) is 8.50. The molecular weight excluding hydrogens is 264 g/mol. The first-order valence-electron chi connectivity index (χ1n) is 7.45. The van der Waals surface area contributed by atoms with E-state index in [1.807, 2.05) is 11.3 Å². The molecule has 2 nitrogen and oxygen atoms in total. The van der Waals surface area contributed by atoms with Crippen LogP contribution in [0.25, 0.3) is 10.6 Å². The molecule has 20 heavy (non-hydrogen) atoms. The number of benzene rings is 1. The standard InChI is InChI=1S/C17H22N2S/c1-11(2)14-7-8-15-16(9-14)20-17(19-15)13-5-3-12(10-18)4-6-13/h3-6,11,14H,7-10,18H2,1-2H3. The highest BCUT2D eigenvalue weighted by atomic mass is 32.1. The highest BCUT2D eigenvalue weighted by Gasteiger charge is 2.24. The van der Waals surface area contributed by atoms with E-state index in [2.05, 4.69) is 38.1 Å². The Labute approximate surface area is 125 Å². The van der Waals surface area contributed by atoms with Gasteiger partial charge in [0.25, 0.3) is 0 Å². The molecule has 1 atom stereocenters. The summed E-state index contributed by atoms with van der Waals surface area (Å²) in [4.78, 5) is 6.36. The van der Waals surface area contributed by atoms with Gasteiger partial charge in [-0.05, 0) is 36.7 Å². The minimum absolute atomic E-state index is 0.602. The molecule has 0 spiro atoms. The van der Waals surface area contributed by atoms with Gasteiger partial charge in [-0.25, -0.2) is 4.98 Å². The summed E-state index contributed by atoms with van der Waals surface area (Å²) in [5.74, 6) is 1.60. The van der Waals surface area contributed by atoms with Crippen LogP contribution in [-0.2, 0) is 19.4 Å². The van der Waals surface area contributed by atoms with Gasteiger partial charge in [0, 0.05) is 17.0 Å². The molecule has 1 heterocycles. The van der Waals surface area contributed by atoms with E-state index < -0.39 is 0 Å². The van der Waals surface area contributed by atoms with E-state index in [4.69, 9.17) is 10.7 Å². The fourth-order valence-electron chi connectivity index (χ4n) is 2.88. The lowest BCUT2D eigenvalue weighted by atomic mass is 9.83. The number of nitrogens with two attached hydrogens (primary N) is 1. The fourth-order valence-corrected chi connectivity index (χ4v) is 4.08. The molecule has 1 aliphatic carbocycles. The van der Waals surface area contributed by atoms with Crippen LogP contribution in [0.3, 0.4) is 0 Å². The van der Waals surface area contributed by atoms with Gasteiger partial charge < -0.3 is 5.73 Å². The number of nitrogens with zero attached hydrogens (tertiary/aromatic N) is 1. The van der Waals surface area contributed by atoms with Crippen molar-refractivity contribution in [3.05, 3.63) is 40.4 Å². The van der Waals surface area contributed by atoms with Crippen LogP contribution in [0.5, 0.6) is 0 Å². The van der Waals surface area contributed by atoms with Crippen molar-refractivity contribution >= 4 is 11.3 Å². The molecule has 2 N–H and O–H groups in total. The molecule has 2 aromatic rings. The van der Waals surface area contributed by atoms with Crippen LogP contribution in [0.1, 0.15) is 36.4 Å². The molecule has 1 aromatic carbocycles. The SMILES string of the molecule is CC(C)C1CCc2nc(-c3ccc(CN)cc3)sc2C1. The molecular formula is C17H22N2S. The Bertz CT molecular complexity index is 584. The molecule has 1 aromatic heterocycles. The average molecular weight is 286 g/mol. The number of thiazole rings is 1. The van der Waals surface area contributed by atoms with Crippen molar-refractivity contribution in [2.45, 2.75) is 39.7 Å². The van der Waals surface area contributed by atoms with Crippen LogP contribution in [-0.4, -0.2) is 4.98 Å². The molecule has 3 heteroatoms. The van der Waals surface area contributed by atoms with Crippen molar-refractivity contribution in [2.24, 2.45) is 17.6 Å². The summed E-state index contributed by atoms with van der Waals surface area (Å²) in [6.45, 7) is 5.27. The van der Waals surface area contributed by atoms with E-state index in [1.165, 1.54) is 39.5 Å². The number of fused-ring (bicyclic) bond motifs is 1. The van der Waals surface area contributed by atoms with Crippen LogP contribution in [0.15, 0.2) is 24.3 Å². The smallest absolute Gasteiger partial charge is 0.123 e. The highest BCUT2D eigenvalue weighted by molar-refractivity contribution is 7.15.